The minimum Gasteiger partial charge on any atom is -0.489 e. The van der Waals surface area contributed by atoms with Crippen molar-refractivity contribution in [3.05, 3.63) is 39.7 Å². The first-order chi connectivity index (χ1) is 10.7. The van der Waals surface area contributed by atoms with Crippen molar-refractivity contribution in [1.29, 1.82) is 0 Å². The lowest BCUT2D eigenvalue weighted by atomic mass is 10.3. The number of benzene rings is 1. The highest BCUT2D eigenvalue weighted by Crippen LogP contribution is 2.32. The van der Waals surface area contributed by atoms with E-state index in [4.69, 9.17) is 32.5 Å². The van der Waals surface area contributed by atoms with Gasteiger partial charge in [-0.1, -0.05) is 34.4 Å². The number of aryl methyl sites for hydroxylation is 2. The Bertz CT molecular complexity index is 765. The zero-order valence-electron chi connectivity index (χ0n) is 12.8. The van der Waals surface area contributed by atoms with Crippen molar-refractivity contribution in [2.45, 2.75) is 18.7 Å². The minimum atomic E-state index is -3.70. The van der Waals surface area contributed by atoms with Gasteiger partial charge in [-0.05, 0) is 26.0 Å². The molecular weight excluding hydrogens is 363 g/mol. The summed E-state index contributed by atoms with van der Waals surface area (Å²) in [6.45, 7) is 3.36. The van der Waals surface area contributed by atoms with Gasteiger partial charge in [0.15, 0.2) is 11.5 Å². The zero-order valence-corrected chi connectivity index (χ0v) is 15.2. The summed E-state index contributed by atoms with van der Waals surface area (Å²) in [4.78, 5) is 0.0794. The molecule has 9 heteroatoms. The van der Waals surface area contributed by atoms with Crippen LogP contribution in [-0.4, -0.2) is 38.1 Å². The Morgan fingerprint density at radius 3 is 2.39 bits per heavy atom. The average molecular weight is 379 g/mol. The van der Waals surface area contributed by atoms with Crippen LogP contribution in [0.1, 0.15) is 11.5 Å². The maximum absolute atomic E-state index is 12.5. The first-order valence-corrected chi connectivity index (χ1v) is 8.90. The van der Waals surface area contributed by atoms with E-state index < -0.39 is 10.0 Å². The summed E-state index contributed by atoms with van der Waals surface area (Å²) in [5, 5.41) is 4.41. The fourth-order valence-corrected chi connectivity index (χ4v) is 3.96. The summed E-state index contributed by atoms with van der Waals surface area (Å²) in [7, 11) is -2.24. The summed E-state index contributed by atoms with van der Waals surface area (Å²) in [5.41, 5.74) is 0.324. The quantitative estimate of drug-likeness (QED) is 0.770. The standard InChI is InChI=1S/C14H16Cl2N2O4S/c1-9-14(10(2)22-17-9)23(19,20)18(3)7-8-21-13-11(15)5-4-6-12(13)16/h4-6H,7-8H2,1-3H3. The van der Waals surface area contributed by atoms with Gasteiger partial charge in [-0.3, -0.25) is 0 Å². The van der Waals surface area contributed by atoms with Crippen LogP contribution in [0.2, 0.25) is 10.0 Å². The molecule has 1 heterocycles. The lowest BCUT2D eigenvalue weighted by Gasteiger charge is -2.17. The number of nitrogens with zero attached hydrogens (tertiary/aromatic N) is 2. The van der Waals surface area contributed by atoms with E-state index in [2.05, 4.69) is 5.16 Å². The molecule has 0 aliphatic carbocycles. The third-order valence-corrected chi connectivity index (χ3v) is 5.90. The van der Waals surface area contributed by atoms with Crippen molar-refractivity contribution in [2.24, 2.45) is 0 Å². The predicted octanol–water partition coefficient (Wildman–Crippen LogP) is 3.30. The summed E-state index contributed by atoms with van der Waals surface area (Å²) >= 11 is 12.0. The molecule has 126 valence electrons. The van der Waals surface area contributed by atoms with Crippen LogP contribution in [0.3, 0.4) is 0 Å². The van der Waals surface area contributed by atoms with Gasteiger partial charge in [0, 0.05) is 13.6 Å². The smallest absolute Gasteiger partial charge is 0.248 e. The van der Waals surface area contributed by atoms with Gasteiger partial charge in [0.2, 0.25) is 10.0 Å². The van der Waals surface area contributed by atoms with E-state index in [-0.39, 0.29) is 23.8 Å². The van der Waals surface area contributed by atoms with E-state index >= 15 is 0 Å². The van der Waals surface area contributed by atoms with Crippen LogP contribution in [0.4, 0.5) is 0 Å². The molecule has 0 unspecified atom stereocenters. The lowest BCUT2D eigenvalue weighted by Crippen LogP contribution is -2.31. The highest BCUT2D eigenvalue weighted by atomic mass is 35.5. The van der Waals surface area contributed by atoms with Crippen LogP contribution in [-0.2, 0) is 10.0 Å². The first kappa shape index (κ1) is 18.1. The number of likely N-dealkylation sites (N-methyl/N-ethyl adjacent to an activating group) is 1. The predicted molar refractivity (Wildman–Crippen MR) is 87.7 cm³/mol. The van der Waals surface area contributed by atoms with Gasteiger partial charge in [-0.2, -0.15) is 4.31 Å². The third kappa shape index (κ3) is 3.80. The fraction of sp³-hybridized carbons (Fsp3) is 0.357. The van der Waals surface area contributed by atoms with Gasteiger partial charge >= 0.3 is 0 Å². The Labute approximate surface area is 145 Å². The van der Waals surface area contributed by atoms with E-state index in [1.165, 1.54) is 11.4 Å². The topological polar surface area (TPSA) is 72.6 Å². The van der Waals surface area contributed by atoms with E-state index in [1.54, 1.807) is 32.0 Å². The van der Waals surface area contributed by atoms with Crippen molar-refractivity contribution >= 4 is 33.2 Å². The van der Waals surface area contributed by atoms with Crippen LogP contribution in [0, 0.1) is 13.8 Å². The van der Waals surface area contributed by atoms with Crippen molar-refractivity contribution < 1.29 is 17.7 Å². The van der Waals surface area contributed by atoms with Gasteiger partial charge in [0.25, 0.3) is 0 Å². The number of halogens is 2. The van der Waals surface area contributed by atoms with Crippen LogP contribution in [0.15, 0.2) is 27.6 Å². The Hall–Kier alpha value is -1.28. The molecule has 2 aromatic rings. The number of ether oxygens (including phenoxy) is 1. The molecule has 0 radical (unpaired) electrons. The van der Waals surface area contributed by atoms with E-state index in [9.17, 15) is 8.42 Å². The molecule has 0 fully saturated rings. The maximum atomic E-state index is 12.5. The maximum Gasteiger partial charge on any atom is 0.248 e. The van der Waals surface area contributed by atoms with Crippen LogP contribution < -0.4 is 4.74 Å². The Morgan fingerprint density at radius 1 is 1.26 bits per heavy atom. The molecule has 1 aromatic heterocycles. The minimum absolute atomic E-state index is 0.0794. The first-order valence-electron chi connectivity index (χ1n) is 6.71. The molecule has 0 saturated heterocycles. The van der Waals surface area contributed by atoms with Gasteiger partial charge in [-0.15, -0.1) is 0 Å². The second-order valence-electron chi connectivity index (χ2n) is 4.88. The van der Waals surface area contributed by atoms with Crippen LogP contribution in [0.5, 0.6) is 5.75 Å². The van der Waals surface area contributed by atoms with Crippen molar-refractivity contribution in [3.63, 3.8) is 0 Å². The number of para-hydroxylation sites is 1. The second-order valence-corrected chi connectivity index (χ2v) is 7.68. The van der Waals surface area contributed by atoms with Crippen molar-refractivity contribution in [3.8, 4) is 5.75 Å². The SMILES string of the molecule is Cc1noc(C)c1S(=O)(=O)N(C)CCOc1c(Cl)cccc1Cl. The number of hydrogen-bond acceptors (Lipinski definition) is 5. The summed E-state index contributed by atoms with van der Waals surface area (Å²) in [6.07, 6.45) is 0. The largest absolute Gasteiger partial charge is 0.489 e. The molecule has 23 heavy (non-hydrogen) atoms. The van der Waals surface area contributed by atoms with E-state index in [0.717, 1.165) is 0 Å². The summed E-state index contributed by atoms with van der Waals surface area (Å²) < 4.78 is 36.6. The van der Waals surface area contributed by atoms with Gasteiger partial charge in [-0.25, -0.2) is 8.42 Å². The van der Waals surface area contributed by atoms with Crippen LogP contribution in [0.25, 0.3) is 0 Å². The monoisotopic (exact) mass is 378 g/mol. The second kappa shape index (κ2) is 7.09. The normalized spacial score (nSPS) is 11.9. The molecule has 6 nitrogen and oxygen atoms in total. The molecule has 0 bridgehead atoms. The molecule has 1 aromatic carbocycles. The molecule has 0 N–H and O–H groups in total. The molecule has 0 atom stereocenters. The van der Waals surface area contributed by atoms with Crippen LogP contribution >= 0.6 is 23.2 Å². The van der Waals surface area contributed by atoms with Gasteiger partial charge < -0.3 is 9.26 Å². The lowest BCUT2D eigenvalue weighted by molar-refractivity contribution is 0.287. The highest BCUT2D eigenvalue weighted by Gasteiger charge is 2.28. The summed E-state index contributed by atoms with van der Waals surface area (Å²) in [5.74, 6) is 0.586. The molecule has 0 aliphatic rings. The van der Waals surface area contributed by atoms with E-state index in [0.29, 0.717) is 21.5 Å². The molecule has 0 saturated carbocycles. The summed E-state index contributed by atoms with van der Waals surface area (Å²) in [6, 6.07) is 4.99. The number of sulfonamides is 1. The fourth-order valence-electron chi connectivity index (χ4n) is 2.02. The number of rotatable bonds is 6. The molecule has 0 amide bonds. The molecule has 0 spiro atoms. The Balaban J connectivity index is 2.07. The van der Waals surface area contributed by atoms with E-state index in [1.807, 2.05) is 0 Å². The van der Waals surface area contributed by atoms with Gasteiger partial charge in [0.1, 0.15) is 17.2 Å². The molecule has 2 rings (SSSR count). The van der Waals surface area contributed by atoms with Crippen molar-refractivity contribution in [2.75, 3.05) is 20.2 Å². The molecular formula is C14H16Cl2N2O4S. The Morgan fingerprint density at radius 2 is 1.87 bits per heavy atom. The number of aromatic nitrogens is 1. The Kier molecular flexibility index (Phi) is 5.57. The van der Waals surface area contributed by atoms with Gasteiger partial charge in [0.05, 0.1) is 10.0 Å². The average Bonchev–Trinajstić information content (AvgIpc) is 2.81. The highest BCUT2D eigenvalue weighted by molar-refractivity contribution is 7.89. The van der Waals surface area contributed by atoms with Crippen molar-refractivity contribution in [1.82, 2.24) is 9.46 Å². The number of hydrogen-bond donors (Lipinski definition) is 0. The molecule has 0 aliphatic heterocycles. The zero-order chi connectivity index (χ0) is 17.2. The third-order valence-electron chi connectivity index (χ3n) is 3.21.